The summed E-state index contributed by atoms with van der Waals surface area (Å²) in [5, 5.41) is 2.95. The van der Waals surface area contributed by atoms with Crippen molar-refractivity contribution < 1.29 is 9.53 Å². The number of likely N-dealkylation sites (N-methyl/N-ethyl adjacent to an activating group) is 1. The lowest BCUT2D eigenvalue weighted by atomic mass is 9.85. The molecule has 1 saturated heterocycles. The first-order valence-electron chi connectivity index (χ1n) is 7.25. The number of nitrogens with zero attached hydrogens (tertiary/aromatic N) is 2. The molecule has 1 amide bonds. The van der Waals surface area contributed by atoms with Crippen molar-refractivity contribution in [3.05, 3.63) is 0 Å². The molecule has 2 aliphatic rings. The van der Waals surface area contributed by atoms with Crippen LogP contribution in [0.25, 0.3) is 0 Å². The number of nitrogens with one attached hydrogen (secondary N) is 1. The fraction of sp³-hybridized carbons (Fsp3) is 0.929. The molecule has 0 aromatic carbocycles. The minimum absolute atomic E-state index is 0.283. The zero-order valence-electron chi connectivity index (χ0n) is 12.6. The topological polar surface area (TPSA) is 44.8 Å². The Morgan fingerprint density at radius 1 is 1.16 bits per heavy atom. The molecular formula is C14H27N3O2. The molecule has 2 rings (SSSR count). The molecule has 1 aliphatic heterocycles. The second-order valence-electron chi connectivity index (χ2n) is 6.81. The minimum atomic E-state index is -0.412. The van der Waals surface area contributed by atoms with E-state index in [1.807, 2.05) is 20.8 Å². The molecule has 0 spiro atoms. The molecule has 2 fully saturated rings. The quantitative estimate of drug-likeness (QED) is 0.820. The van der Waals surface area contributed by atoms with E-state index in [4.69, 9.17) is 4.74 Å². The highest BCUT2D eigenvalue weighted by atomic mass is 16.6. The van der Waals surface area contributed by atoms with Crippen molar-refractivity contribution in [2.24, 2.45) is 0 Å². The van der Waals surface area contributed by atoms with Crippen molar-refractivity contribution >= 4 is 6.09 Å². The highest BCUT2D eigenvalue weighted by Gasteiger charge is 2.36. The average Bonchev–Trinajstić information content (AvgIpc) is 2.22. The van der Waals surface area contributed by atoms with E-state index in [2.05, 4.69) is 22.2 Å². The van der Waals surface area contributed by atoms with Crippen LogP contribution in [0.4, 0.5) is 4.79 Å². The molecule has 0 aromatic rings. The third-order valence-electron chi connectivity index (χ3n) is 3.89. The lowest BCUT2D eigenvalue weighted by molar-refractivity contribution is 0.0305. The van der Waals surface area contributed by atoms with Gasteiger partial charge in [-0.15, -0.1) is 0 Å². The zero-order valence-corrected chi connectivity index (χ0v) is 12.6. The number of carbonyl (C=O) groups is 1. The normalized spacial score (nSPS) is 29.7. The lowest BCUT2D eigenvalue weighted by Crippen LogP contribution is -2.58. The van der Waals surface area contributed by atoms with Crippen LogP contribution in [0.15, 0.2) is 0 Å². The predicted octanol–water partition coefficient (Wildman–Crippen LogP) is 1.29. The molecule has 0 aromatic heterocycles. The summed E-state index contributed by atoms with van der Waals surface area (Å²) < 4.78 is 5.27. The first-order valence-corrected chi connectivity index (χ1v) is 7.25. The van der Waals surface area contributed by atoms with Gasteiger partial charge in [-0.3, -0.25) is 4.90 Å². The fourth-order valence-electron chi connectivity index (χ4n) is 2.67. The number of rotatable bonds is 2. The van der Waals surface area contributed by atoms with E-state index in [-0.39, 0.29) is 6.09 Å². The van der Waals surface area contributed by atoms with Crippen LogP contribution >= 0.6 is 0 Å². The number of piperazine rings is 1. The Hall–Kier alpha value is -0.810. The number of amides is 1. The van der Waals surface area contributed by atoms with Crippen LogP contribution in [0, 0.1) is 0 Å². The standard InChI is InChI=1S/C14H27N3O2/c1-14(2,3)19-13(18)15-11-9-12(10-11)17-7-5-16(4)6-8-17/h11-12H,5-10H2,1-4H3,(H,15,18). The van der Waals surface area contributed by atoms with Gasteiger partial charge in [0.2, 0.25) is 0 Å². The molecule has 0 bridgehead atoms. The molecule has 1 heterocycles. The molecule has 1 saturated carbocycles. The van der Waals surface area contributed by atoms with Crippen molar-refractivity contribution in [1.29, 1.82) is 0 Å². The summed E-state index contributed by atoms with van der Waals surface area (Å²) in [5.74, 6) is 0. The van der Waals surface area contributed by atoms with Crippen LogP contribution in [-0.4, -0.2) is 66.8 Å². The number of ether oxygens (including phenoxy) is 1. The zero-order chi connectivity index (χ0) is 14.0. The second-order valence-corrected chi connectivity index (χ2v) is 6.81. The number of carbonyl (C=O) groups excluding carboxylic acids is 1. The maximum absolute atomic E-state index is 11.6. The van der Waals surface area contributed by atoms with Crippen LogP contribution in [-0.2, 0) is 4.74 Å². The van der Waals surface area contributed by atoms with Crippen molar-refractivity contribution in [2.45, 2.75) is 51.3 Å². The molecule has 0 radical (unpaired) electrons. The van der Waals surface area contributed by atoms with Crippen molar-refractivity contribution in [3.8, 4) is 0 Å². The van der Waals surface area contributed by atoms with Crippen LogP contribution in [0.2, 0.25) is 0 Å². The molecule has 5 heteroatoms. The molecule has 1 N–H and O–H groups in total. The van der Waals surface area contributed by atoms with E-state index in [9.17, 15) is 4.79 Å². The highest BCUT2D eigenvalue weighted by molar-refractivity contribution is 5.68. The van der Waals surface area contributed by atoms with E-state index in [1.165, 1.54) is 0 Å². The summed E-state index contributed by atoms with van der Waals surface area (Å²) in [6.07, 6.45) is 1.83. The van der Waals surface area contributed by atoms with Gasteiger partial charge < -0.3 is 15.0 Å². The monoisotopic (exact) mass is 269 g/mol. The van der Waals surface area contributed by atoms with Gasteiger partial charge in [-0.1, -0.05) is 0 Å². The van der Waals surface area contributed by atoms with Gasteiger partial charge in [-0.2, -0.15) is 0 Å². The molecule has 110 valence electrons. The van der Waals surface area contributed by atoms with Gasteiger partial charge in [0.25, 0.3) is 0 Å². The van der Waals surface area contributed by atoms with E-state index in [1.54, 1.807) is 0 Å². The highest BCUT2D eigenvalue weighted by Crippen LogP contribution is 2.26. The SMILES string of the molecule is CN1CCN(C2CC(NC(=O)OC(C)(C)C)C2)CC1. The van der Waals surface area contributed by atoms with Gasteiger partial charge >= 0.3 is 6.09 Å². The summed E-state index contributed by atoms with van der Waals surface area (Å²) in [4.78, 5) is 16.5. The van der Waals surface area contributed by atoms with Crippen LogP contribution in [0.1, 0.15) is 33.6 Å². The molecule has 19 heavy (non-hydrogen) atoms. The summed E-state index contributed by atoms with van der Waals surface area (Å²) in [6, 6.07) is 0.938. The molecule has 0 atom stereocenters. The predicted molar refractivity (Wildman–Crippen MR) is 75.2 cm³/mol. The Bertz CT molecular complexity index is 313. The number of hydrogen-bond acceptors (Lipinski definition) is 4. The summed E-state index contributed by atoms with van der Waals surface area (Å²) in [5.41, 5.74) is -0.412. The molecular weight excluding hydrogens is 242 g/mol. The smallest absolute Gasteiger partial charge is 0.407 e. The Labute approximate surface area is 116 Å². The van der Waals surface area contributed by atoms with Crippen LogP contribution < -0.4 is 5.32 Å². The van der Waals surface area contributed by atoms with Gasteiger partial charge in [0.05, 0.1) is 0 Å². The molecule has 1 aliphatic carbocycles. The maximum atomic E-state index is 11.6. The van der Waals surface area contributed by atoms with Gasteiger partial charge in [-0.25, -0.2) is 4.79 Å². The van der Waals surface area contributed by atoms with E-state index >= 15 is 0 Å². The largest absolute Gasteiger partial charge is 0.444 e. The van der Waals surface area contributed by atoms with Crippen molar-refractivity contribution in [1.82, 2.24) is 15.1 Å². The molecule has 0 unspecified atom stereocenters. The second kappa shape index (κ2) is 5.67. The Morgan fingerprint density at radius 3 is 2.26 bits per heavy atom. The van der Waals surface area contributed by atoms with Gasteiger partial charge in [0.15, 0.2) is 0 Å². The summed E-state index contributed by atoms with van der Waals surface area (Å²) >= 11 is 0. The number of alkyl carbamates (subject to hydrolysis) is 1. The third-order valence-corrected chi connectivity index (χ3v) is 3.89. The van der Waals surface area contributed by atoms with Crippen LogP contribution in [0.5, 0.6) is 0 Å². The summed E-state index contributed by atoms with van der Waals surface area (Å²) in [6.45, 7) is 10.3. The fourth-order valence-corrected chi connectivity index (χ4v) is 2.67. The van der Waals surface area contributed by atoms with Gasteiger partial charge in [0, 0.05) is 38.3 Å². The van der Waals surface area contributed by atoms with E-state index in [0.29, 0.717) is 12.1 Å². The first-order chi connectivity index (χ1) is 8.83. The Balaban J connectivity index is 1.65. The maximum Gasteiger partial charge on any atom is 0.407 e. The first kappa shape index (κ1) is 14.6. The van der Waals surface area contributed by atoms with Gasteiger partial charge in [0.1, 0.15) is 5.60 Å². The third kappa shape index (κ3) is 4.35. The Morgan fingerprint density at radius 2 is 1.74 bits per heavy atom. The van der Waals surface area contributed by atoms with Gasteiger partial charge in [-0.05, 0) is 40.7 Å². The van der Waals surface area contributed by atoms with Crippen LogP contribution in [0.3, 0.4) is 0 Å². The average molecular weight is 269 g/mol. The van der Waals surface area contributed by atoms with E-state index in [0.717, 1.165) is 39.0 Å². The molecule has 5 nitrogen and oxygen atoms in total. The number of hydrogen-bond donors (Lipinski definition) is 1. The van der Waals surface area contributed by atoms with Crippen molar-refractivity contribution in [2.75, 3.05) is 33.2 Å². The minimum Gasteiger partial charge on any atom is -0.444 e. The summed E-state index contributed by atoms with van der Waals surface area (Å²) in [7, 11) is 2.17. The Kier molecular flexibility index (Phi) is 4.36. The van der Waals surface area contributed by atoms with E-state index < -0.39 is 5.60 Å². The lowest BCUT2D eigenvalue weighted by Gasteiger charge is -2.46. The van der Waals surface area contributed by atoms with Crippen molar-refractivity contribution in [3.63, 3.8) is 0 Å².